The Morgan fingerprint density at radius 2 is 1.57 bits per heavy atom. The summed E-state index contributed by atoms with van der Waals surface area (Å²) in [6.45, 7) is 0.680. The van der Waals surface area contributed by atoms with Gasteiger partial charge < -0.3 is 14.4 Å². The highest BCUT2D eigenvalue weighted by molar-refractivity contribution is 6.30. The normalized spacial score (nSPS) is 14.4. The second-order valence-corrected chi connectivity index (χ2v) is 11.8. The van der Waals surface area contributed by atoms with Crippen molar-refractivity contribution in [2.24, 2.45) is 5.41 Å². The molecule has 0 atom stereocenters. The molecule has 5 aromatic rings. The summed E-state index contributed by atoms with van der Waals surface area (Å²) in [4.78, 5) is 44.1. The van der Waals surface area contributed by atoms with Crippen molar-refractivity contribution >= 4 is 29.3 Å². The van der Waals surface area contributed by atoms with E-state index in [0.717, 1.165) is 11.1 Å². The lowest BCUT2D eigenvalue weighted by molar-refractivity contribution is -0.172. The average molecular weight is 654 g/mol. The summed E-state index contributed by atoms with van der Waals surface area (Å²) in [6, 6.07) is 27.7. The van der Waals surface area contributed by atoms with Gasteiger partial charge in [-0.2, -0.15) is 4.98 Å². The largest absolute Gasteiger partial charge is 0.480 e. The minimum absolute atomic E-state index is 0.0486. The molecule has 0 saturated carbocycles. The van der Waals surface area contributed by atoms with Crippen LogP contribution in [0.1, 0.15) is 28.8 Å². The molecule has 9 nitrogen and oxygen atoms in total. The highest BCUT2D eigenvalue weighted by Gasteiger charge is 2.49. The van der Waals surface area contributed by atoms with E-state index in [1.807, 2.05) is 54.6 Å². The van der Waals surface area contributed by atoms with Crippen molar-refractivity contribution in [2.45, 2.75) is 19.4 Å². The summed E-state index contributed by atoms with van der Waals surface area (Å²) < 4.78 is 25.5. The van der Waals surface area contributed by atoms with Gasteiger partial charge in [-0.15, -0.1) is 0 Å². The van der Waals surface area contributed by atoms with Gasteiger partial charge in [0.25, 0.3) is 5.89 Å². The molecule has 1 aliphatic rings. The summed E-state index contributed by atoms with van der Waals surface area (Å²) >= 11 is 5.85. The van der Waals surface area contributed by atoms with Crippen LogP contribution in [-0.2, 0) is 20.9 Å². The minimum Gasteiger partial charge on any atom is -0.480 e. The molecule has 1 fully saturated rings. The van der Waals surface area contributed by atoms with E-state index < -0.39 is 35.6 Å². The van der Waals surface area contributed by atoms with Crippen molar-refractivity contribution in [1.82, 2.24) is 15.0 Å². The molecule has 1 aromatic heterocycles. The summed E-state index contributed by atoms with van der Waals surface area (Å²) in [5.41, 5.74) is 2.00. The number of carboxylic acid groups (broad SMARTS) is 1. The molecule has 0 bridgehead atoms. The van der Waals surface area contributed by atoms with E-state index >= 15 is 0 Å². The minimum atomic E-state index is -1.72. The van der Waals surface area contributed by atoms with E-state index in [1.165, 1.54) is 18.2 Å². The van der Waals surface area contributed by atoms with Gasteiger partial charge >= 0.3 is 11.9 Å². The van der Waals surface area contributed by atoms with E-state index in [4.69, 9.17) is 20.9 Å². The predicted molar refractivity (Wildman–Crippen MR) is 172 cm³/mol. The first-order chi connectivity index (χ1) is 22.7. The first-order valence-corrected chi connectivity index (χ1v) is 15.3. The van der Waals surface area contributed by atoms with Crippen LogP contribution in [0, 0.1) is 11.2 Å². The fraction of sp³-hybridized carbons (Fsp3) is 0.194. The number of benzene rings is 4. The van der Waals surface area contributed by atoms with Crippen molar-refractivity contribution in [1.29, 1.82) is 0 Å². The van der Waals surface area contributed by atoms with Crippen LogP contribution in [0.2, 0.25) is 5.02 Å². The molecular formula is C36H29ClFN3O6. The van der Waals surface area contributed by atoms with Gasteiger partial charge in [0.15, 0.2) is 17.8 Å². The highest BCUT2D eigenvalue weighted by Crippen LogP contribution is 2.34. The van der Waals surface area contributed by atoms with Gasteiger partial charge in [0, 0.05) is 46.9 Å². The topological polar surface area (TPSA) is 123 Å². The lowest BCUT2D eigenvalue weighted by atomic mass is 9.78. The molecule has 0 aliphatic carbocycles. The molecular weight excluding hydrogens is 625 g/mol. The van der Waals surface area contributed by atoms with Gasteiger partial charge in [0.1, 0.15) is 5.82 Å². The van der Waals surface area contributed by atoms with Crippen LogP contribution >= 0.6 is 11.6 Å². The molecule has 0 unspecified atom stereocenters. The lowest BCUT2D eigenvalue weighted by Gasteiger charge is -2.37. The van der Waals surface area contributed by atoms with Crippen LogP contribution in [0.5, 0.6) is 0 Å². The quantitative estimate of drug-likeness (QED) is 0.0968. The van der Waals surface area contributed by atoms with E-state index in [2.05, 4.69) is 15.0 Å². The Morgan fingerprint density at radius 3 is 2.23 bits per heavy atom. The maximum atomic E-state index is 14.9. The maximum absolute atomic E-state index is 14.9. The SMILES string of the molecule is O=C(COC(=O)C1(C(=O)O)CCN(Cc2ccc(-c3noc(-c4ccc(-c5ccccc5)c(F)c4)n3)cc2)CC1)c1ccc(Cl)cc1. The summed E-state index contributed by atoms with van der Waals surface area (Å²) in [5, 5.41) is 14.5. The first kappa shape index (κ1) is 31.8. The third-order valence-electron chi connectivity index (χ3n) is 8.36. The Kier molecular flexibility index (Phi) is 9.24. The van der Waals surface area contributed by atoms with Crippen LogP contribution in [-0.4, -0.2) is 57.6 Å². The standard InChI is InChI=1S/C36H29ClFN3O6/c37-28-13-10-25(11-14-28)31(42)22-46-35(45)36(34(43)44)16-18-41(19-17-36)21-23-6-8-26(9-7-23)32-39-33(47-40-32)27-12-15-29(30(38)20-27)24-4-2-1-3-5-24/h1-15,20H,16-19,21-22H2,(H,43,44). The number of likely N-dealkylation sites (tertiary alicyclic amines) is 1. The number of aromatic nitrogens is 2. The Labute approximate surface area is 274 Å². The fourth-order valence-electron chi connectivity index (χ4n) is 5.56. The van der Waals surface area contributed by atoms with E-state index in [9.17, 15) is 23.9 Å². The molecule has 11 heteroatoms. The Hall–Kier alpha value is -5.19. The Bertz CT molecular complexity index is 1900. The first-order valence-electron chi connectivity index (χ1n) is 14.9. The zero-order valence-electron chi connectivity index (χ0n) is 25.1. The van der Waals surface area contributed by atoms with Crippen LogP contribution < -0.4 is 0 Å². The number of ketones is 1. The number of carbonyl (C=O) groups excluding carboxylic acids is 2. The van der Waals surface area contributed by atoms with Crippen molar-refractivity contribution < 1.29 is 33.1 Å². The zero-order chi connectivity index (χ0) is 33.0. The third kappa shape index (κ3) is 6.98. The monoisotopic (exact) mass is 653 g/mol. The molecule has 1 N–H and O–H groups in total. The van der Waals surface area contributed by atoms with Crippen molar-refractivity contribution in [3.05, 3.63) is 119 Å². The van der Waals surface area contributed by atoms with Crippen LogP contribution in [0.4, 0.5) is 4.39 Å². The number of esters is 1. The van der Waals surface area contributed by atoms with Crippen LogP contribution in [0.25, 0.3) is 34.0 Å². The van der Waals surface area contributed by atoms with Gasteiger partial charge in [-0.1, -0.05) is 77.4 Å². The summed E-state index contributed by atoms with van der Waals surface area (Å²) in [6.07, 6.45) is 0.0971. The molecule has 0 amide bonds. The smallest absolute Gasteiger partial charge is 0.324 e. The number of rotatable bonds is 10. The molecule has 1 aliphatic heterocycles. The number of hydrogen-bond acceptors (Lipinski definition) is 8. The number of carboxylic acids is 1. The van der Waals surface area contributed by atoms with Gasteiger partial charge in [-0.3, -0.25) is 19.3 Å². The van der Waals surface area contributed by atoms with E-state index in [1.54, 1.807) is 24.3 Å². The third-order valence-corrected chi connectivity index (χ3v) is 8.61. The second-order valence-electron chi connectivity index (χ2n) is 11.4. The maximum Gasteiger partial charge on any atom is 0.324 e. The number of ether oxygens (including phenoxy) is 1. The molecule has 6 rings (SSSR count). The van der Waals surface area contributed by atoms with Gasteiger partial charge in [0.2, 0.25) is 5.82 Å². The lowest BCUT2D eigenvalue weighted by Crippen LogP contribution is -2.49. The molecule has 1 saturated heterocycles. The number of piperidine rings is 1. The molecule has 0 radical (unpaired) electrons. The molecule has 47 heavy (non-hydrogen) atoms. The van der Waals surface area contributed by atoms with Crippen LogP contribution in [0.15, 0.2) is 102 Å². The van der Waals surface area contributed by atoms with Gasteiger partial charge in [0.05, 0.1) is 0 Å². The fourth-order valence-corrected chi connectivity index (χ4v) is 5.69. The molecule has 2 heterocycles. The van der Waals surface area contributed by atoms with Gasteiger partial charge in [-0.05, 0) is 60.4 Å². The van der Waals surface area contributed by atoms with Gasteiger partial charge in [-0.25, -0.2) is 4.39 Å². The average Bonchev–Trinajstić information content (AvgIpc) is 3.59. The number of carbonyl (C=O) groups is 3. The summed E-state index contributed by atoms with van der Waals surface area (Å²) in [5.74, 6) is -2.45. The van der Waals surface area contributed by atoms with Crippen LogP contribution in [0.3, 0.4) is 0 Å². The molecule has 238 valence electrons. The molecule has 0 spiro atoms. The molecule has 4 aromatic carbocycles. The van der Waals surface area contributed by atoms with Crippen molar-refractivity contribution in [3.8, 4) is 34.0 Å². The number of nitrogens with zero attached hydrogens (tertiary/aromatic N) is 3. The number of halogens is 2. The Balaban J connectivity index is 1.04. The van der Waals surface area contributed by atoms with Crippen molar-refractivity contribution in [3.63, 3.8) is 0 Å². The number of Topliss-reactive ketones (excluding diaryl/α,β-unsaturated/α-hetero) is 1. The highest BCUT2D eigenvalue weighted by atomic mass is 35.5. The Morgan fingerprint density at radius 1 is 0.894 bits per heavy atom. The van der Waals surface area contributed by atoms with Crippen molar-refractivity contribution in [2.75, 3.05) is 19.7 Å². The van der Waals surface area contributed by atoms with E-state index in [-0.39, 0.29) is 18.7 Å². The number of aliphatic carboxylic acids is 1. The van der Waals surface area contributed by atoms with E-state index in [0.29, 0.717) is 52.7 Å². The summed E-state index contributed by atoms with van der Waals surface area (Å²) in [7, 11) is 0. The predicted octanol–water partition coefficient (Wildman–Crippen LogP) is 6.96. The number of hydrogen-bond donors (Lipinski definition) is 1. The second kappa shape index (κ2) is 13.7. The zero-order valence-corrected chi connectivity index (χ0v) is 25.8.